The van der Waals surface area contributed by atoms with Gasteiger partial charge in [-0.2, -0.15) is 13.2 Å². The Bertz CT molecular complexity index is 670. The number of nitrogens with one attached hydrogen (secondary N) is 1. The third-order valence-electron chi connectivity index (χ3n) is 5.64. The SMILES string of the molecule is CC1(C)CCC(C(=O)NC2(c3cccc(C(F)(F)F)c3Cl)CC2)CC1. The van der Waals surface area contributed by atoms with Crippen LogP contribution in [0.15, 0.2) is 18.2 Å². The lowest BCUT2D eigenvalue weighted by Gasteiger charge is -2.34. The molecule has 138 valence electrons. The molecule has 3 rings (SSSR count). The van der Waals surface area contributed by atoms with Gasteiger partial charge in [0.25, 0.3) is 0 Å². The van der Waals surface area contributed by atoms with E-state index in [0.29, 0.717) is 18.4 Å². The molecule has 0 saturated heterocycles. The van der Waals surface area contributed by atoms with Crippen molar-refractivity contribution in [3.05, 3.63) is 34.3 Å². The largest absolute Gasteiger partial charge is 0.417 e. The Hall–Kier alpha value is -1.23. The van der Waals surface area contributed by atoms with Gasteiger partial charge >= 0.3 is 6.18 Å². The number of amides is 1. The van der Waals surface area contributed by atoms with Crippen LogP contribution in [0.25, 0.3) is 0 Å². The van der Waals surface area contributed by atoms with Gasteiger partial charge in [0.15, 0.2) is 0 Å². The Kier molecular flexibility index (Phi) is 4.59. The summed E-state index contributed by atoms with van der Waals surface area (Å²) in [5.41, 5.74) is -0.930. The van der Waals surface area contributed by atoms with E-state index in [1.54, 1.807) is 6.07 Å². The van der Waals surface area contributed by atoms with Gasteiger partial charge in [-0.15, -0.1) is 0 Å². The molecule has 25 heavy (non-hydrogen) atoms. The summed E-state index contributed by atoms with van der Waals surface area (Å²) in [5, 5.41) is 2.72. The third kappa shape index (κ3) is 3.81. The molecule has 0 spiro atoms. The second-order valence-corrected chi connectivity index (χ2v) is 8.55. The van der Waals surface area contributed by atoms with Gasteiger partial charge < -0.3 is 5.32 Å². The predicted molar refractivity (Wildman–Crippen MR) is 91.2 cm³/mol. The minimum Gasteiger partial charge on any atom is -0.346 e. The number of benzene rings is 1. The lowest BCUT2D eigenvalue weighted by molar-refractivity contribution is -0.137. The molecule has 1 aromatic rings. The van der Waals surface area contributed by atoms with E-state index in [1.165, 1.54) is 6.07 Å². The van der Waals surface area contributed by atoms with Crippen molar-refractivity contribution < 1.29 is 18.0 Å². The maximum Gasteiger partial charge on any atom is 0.417 e. The minimum absolute atomic E-state index is 0.0542. The zero-order valence-corrected chi connectivity index (χ0v) is 15.2. The average molecular weight is 374 g/mol. The zero-order chi connectivity index (χ0) is 18.5. The summed E-state index contributed by atoms with van der Waals surface area (Å²) in [4.78, 5) is 12.7. The smallest absolute Gasteiger partial charge is 0.346 e. The Morgan fingerprint density at radius 3 is 2.28 bits per heavy atom. The van der Waals surface area contributed by atoms with E-state index in [-0.39, 0.29) is 22.3 Å². The van der Waals surface area contributed by atoms with Gasteiger partial charge in [0.2, 0.25) is 5.91 Å². The van der Waals surface area contributed by atoms with Crippen LogP contribution in [0.5, 0.6) is 0 Å². The van der Waals surface area contributed by atoms with Gasteiger partial charge in [-0.25, -0.2) is 0 Å². The Balaban J connectivity index is 1.77. The molecule has 2 aliphatic rings. The number of carbonyl (C=O) groups is 1. The van der Waals surface area contributed by atoms with E-state index in [0.717, 1.165) is 31.7 Å². The first-order chi connectivity index (χ1) is 11.5. The van der Waals surface area contributed by atoms with Crippen LogP contribution in [0, 0.1) is 11.3 Å². The predicted octanol–water partition coefficient (Wildman–Crippen LogP) is 5.68. The van der Waals surface area contributed by atoms with Crippen molar-refractivity contribution in [1.82, 2.24) is 5.32 Å². The topological polar surface area (TPSA) is 29.1 Å². The molecule has 1 aromatic carbocycles. The van der Waals surface area contributed by atoms with E-state index >= 15 is 0 Å². The molecule has 0 aromatic heterocycles. The second kappa shape index (κ2) is 6.19. The highest BCUT2D eigenvalue weighted by Crippen LogP contribution is 2.51. The number of carbonyl (C=O) groups excluding carboxylic acids is 1. The van der Waals surface area contributed by atoms with Crippen LogP contribution in [0.4, 0.5) is 13.2 Å². The maximum absolute atomic E-state index is 13.1. The molecule has 0 bridgehead atoms. The zero-order valence-electron chi connectivity index (χ0n) is 14.5. The minimum atomic E-state index is -4.50. The van der Waals surface area contributed by atoms with Crippen LogP contribution < -0.4 is 5.32 Å². The first-order valence-electron chi connectivity index (χ1n) is 8.72. The highest BCUT2D eigenvalue weighted by atomic mass is 35.5. The number of alkyl halides is 3. The molecule has 0 atom stereocenters. The maximum atomic E-state index is 13.1. The van der Waals surface area contributed by atoms with Gasteiger partial charge in [0, 0.05) is 5.92 Å². The fraction of sp³-hybridized carbons (Fsp3) is 0.632. The molecule has 1 N–H and O–H groups in total. The van der Waals surface area contributed by atoms with Gasteiger partial charge in [0.1, 0.15) is 0 Å². The van der Waals surface area contributed by atoms with Crippen LogP contribution in [0.3, 0.4) is 0 Å². The Morgan fingerprint density at radius 1 is 1.16 bits per heavy atom. The van der Waals surface area contributed by atoms with Crippen molar-refractivity contribution in [3.8, 4) is 0 Å². The van der Waals surface area contributed by atoms with Gasteiger partial charge in [0.05, 0.1) is 16.1 Å². The molecule has 2 saturated carbocycles. The van der Waals surface area contributed by atoms with E-state index in [2.05, 4.69) is 19.2 Å². The summed E-state index contributed by atoms with van der Waals surface area (Å²) in [6, 6.07) is 3.93. The Morgan fingerprint density at radius 2 is 1.76 bits per heavy atom. The molecule has 1 amide bonds. The first-order valence-corrected chi connectivity index (χ1v) is 9.10. The van der Waals surface area contributed by atoms with Crippen molar-refractivity contribution in [2.24, 2.45) is 11.3 Å². The summed E-state index contributed by atoms with van der Waals surface area (Å²) >= 11 is 6.05. The average Bonchev–Trinajstić information content (AvgIpc) is 3.26. The van der Waals surface area contributed by atoms with E-state index in [9.17, 15) is 18.0 Å². The van der Waals surface area contributed by atoms with Crippen LogP contribution in [0.1, 0.15) is 63.5 Å². The Labute approximate surface area is 151 Å². The number of hydrogen-bond donors (Lipinski definition) is 1. The molecule has 0 aliphatic heterocycles. The summed E-state index contributed by atoms with van der Waals surface area (Å²) in [6.45, 7) is 4.40. The fourth-order valence-electron chi connectivity index (χ4n) is 3.71. The first kappa shape index (κ1) is 18.6. The van der Waals surface area contributed by atoms with E-state index in [4.69, 9.17) is 11.6 Å². The summed E-state index contributed by atoms with van der Waals surface area (Å²) in [6.07, 6.45) is 0.374. The van der Waals surface area contributed by atoms with Gasteiger partial charge in [-0.05, 0) is 55.6 Å². The van der Waals surface area contributed by atoms with E-state index in [1.807, 2.05) is 0 Å². The van der Waals surface area contributed by atoms with Crippen LogP contribution in [0.2, 0.25) is 5.02 Å². The second-order valence-electron chi connectivity index (χ2n) is 8.17. The molecule has 2 fully saturated rings. The normalized spacial score (nSPS) is 22.5. The van der Waals surface area contributed by atoms with Crippen molar-refractivity contribution in [2.75, 3.05) is 0 Å². The van der Waals surface area contributed by atoms with Crippen LogP contribution in [-0.4, -0.2) is 5.91 Å². The summed E-state index contributed by atoms with van der Waals surface area (Å²) in [7, 11) is 0. The van der Waals surface area contributed by atoms with Crippen molar-refractivity contribution in [3.63, 3.8) is 0 Å². The molecule has 6 heteroatoms. The molecular formula is C19H23ClF3NO. The van der Waals surface area contributed by atoms with Crippen molar-refractivity contribution in [2.45, 2.75) is 64.1 Å². The van der Waals surface area contributed by atoms with E-state index < -0.39 is 17.3 Å². The molecular weight excluding hydrogens is 351 g/mol. The highest BCUT2D eigenvalue weighted by molar-refractivity contribution is 6.32. The van der Waals surface area contributed by atoms with Crippen molar-refractivity contribution in [1.29, 1.82) is 0 Å². The van der Waals surface area contributed by atoms with Gasteiger partial charge in [-0.3, -0.25) is 4.79 Å². The molecule has 2 nitrogen and oxygen atoms in total. The fourth-order valence-corrected chi connectivity index (χ4v) is 4.12. The van der Waals surface area contributed by atoms with Gasteiger partial charge in [-0.1, -0.05) is 37.6 Å². The third-order valence-corrected chi connectivity index (χ3v) is 6.05. The quantitative estimate of drug-likeness (QED) is 0.725. The molecule has 0 heterocycles. The summed E-state index contributed by atoms with van der Waals surface area (Å²) < 4.78 is 39.3. The number of rotatable bonds is 3. The highest BCUT2D eigenvalue weighted by Gasteiger charge is 2.49. The standard InChI is InChI=1S/C19H23ClF3NO/c1-17(2)8-6-12(7-9-17)16(25)24-18(10-11-18)13-4-3-5-14(15(13)20)19(21,22)23/h3-5,12H,6-11H2,1-2H3,(H,24,25). The number of hydrogen-bond acceptors (Lipinski definition) is 1. The molecule has 0 unspecified atom stereocenters. The monoisotopic (exact) mass is 373 g/mol. The lowest BCUT2D eigenvalue weighted by atomic mass is 9.73. The molecule has 0 radical (unpaired) electrons. The van der Waals surface area contributed by atoms with Crippen molar-refractivity contribution >= 4 is 17.5 Å². The molecule has 2 aliphatic carbocycles. The van der Waals surface area contributed by atoms with Crippen LogP contribution in [-0.2, 0) is 16.5 Å². The lowest BCUT2D eigenvalue weighted by Crippen LogP contribution is -2.41. The summed E-state index contributed by atoms with van der Waals surface area (Å²) in [5.74, 6) is -0.114. The van der Waals surface area contributed by atoms with Crippen LogP contribution >= 0.6 is 11.6 Å². The number of halogens is 4.